The van der Waals surface area contributed by atoms with Crippen molar-refractivity contribution in [2.45, 2.75) is 26.8 Å². The van der Waals surface area contributed by atoms with Crippen LogP contribution in [0.4, 0.5) is 0 Å². The predicted octanol–water partition coefficient (Wildman–Crippen LogP) is 2.53. The number of fused-ring (bicyclic) bond motifs is 1. The molecule has 18 heavy (non-hydrogen) atoms. The molecule has 0 saturated carbocycles. The SMILES string of the molecule is CCNC(=O)CCn1c(=S)[nH]c2c(C)cccc21. The largest absolute Gasteiger partial charge is 0.356 e. The fraction of sp³-hybridized carbons (Fsp3) is 0.385. The molecule has 2 N–H and O–H groups in total. The summed E-state index contributed by atoms with van der Waals surface area (Å²) in [4.78, 5) is 14.7. The number of aryl methyl sites for hydroxylation is 2. The first-order valence-electron chi connectivity index (χ1n) is 6.08. The van der Waals surface area contributed by atoms with Crippen LogP contribution in [0, 0.1) is 11.7 Å². The number of benzene rings is 1. The van der Waals surface area contributed by atoms with Crippen molar-refractivity contribution in [3.05, 3.63) is 28.5 Å². The number of hydrogen-bond donors (Lipinski definition) is 2. The molecule has 0 fully saturated rings. The van der Waals surface area contributed by atoms with Crippen molar-refractivity contribution in [1.29, 1.82) is 0 Å². The van der Waals surface area contributed by atoms with Crippen LogP contribution in [0.3, 0.4) is 0 Å². The lowest BCUT2D eigenvalue weighted by atomic mass is 10.2. The smallest absolute Gasteiger partial charge is 0.221 e. The number of nitrogens with zero attached hydrogens (tertiary/aromatic N) is 1. The van der Waals surface area contributed by atoms with Crippen LogP contribution in [-0.4, -0.2) is 22.0 Å². The number of rotatable bonds is 4. The van der Waals surface area contributed by atoms with Gasteiger partial charge in [0, 0.05) is 19.5 Å². The molecule has 4 nitrogen and oxygen atoms in total. The summed E-state index contributed by atoms with van der Waals surface area (Å²) in [6.07, 6.45) is 0.447. The molecule has 0 spiro atoms. The summed E-state index contributed by atoms with van der Waals surface area (Å²) in [6, 6.07) is 6.07. The molecule has 0 saturated heterocycles. The highest BCUT2D eigenvalue weighted by atomic mass is 32.1. The van der Waals surface area contributed by atoms with E-state index in [1.54, 1.807) is 0 Å². The maximum absolute atomic E-state index is 11.5. The third-order valence-electron chi connectivity index (χ3n) is 2.96. The molecule has 0 bridgehead atoms. The van der Waals surface area contributed by atoms with Crippen LogP contribution in [-0.2, 0) is 11.3 Å². The molecule has 0 aliphatic rings. The standard InChI is InChI=1S/C13H17N3OS/c1-3-14-11(17)7-8-16-10-6-4-5-9(2)12(10)15-13(16)18/h4-6H,3,7-8H2,1-2H3,(H,14,17)(H,15,18). The highest BCUT2D eigenvalue weighted by Crippen LogP contribution is 2.18. The molecular formula is C13H17N3OS. The van der Waals surface area contributed by atoms with Crippen LogP contribution < -0.4 is 5.32 Å². The highest BCUT2D eigenvalue weighted by molar-refractivity contribution is 7.71. The van der Waals surface area contributed by atoms with Gasteiger partial charge in [-0.2, -0.15) is 0 Å². The van der Waals surface area contributed by atoms with Gasteiger partial charge in [0.1, 0.15) is 0 Å². The number of hydrogen-bond acceptors (Lipinski definition) is 2. The number of carbonyl (C=O) groups excluding carboxylic acids is 1. The van der Waals surface area contributed by atoms with Gasteiger partial charge in [0.15, 0.2) is 4.77 Å². The third kappa shape index (κ3) is 2.46. The zero-order valence-corrected chi connectivity index (χ0v) is 11.4. The number of amides is 1. The van der Waals surface area contributed by atoms with E-state index >= 15 is 0 Å². The number of nitrogens with one attached hydrogen (secondary N) is 2. The monoisotopic (exact) mass is 263 g/mol. The highest BCUT2D eigenvalue weighted by Gasteiger charge is 2.07. The van der Waals surface area contributed by atoms with Crippen molar-refractivity contribution >= 4 is 29.2 Å². The van der Waals surface area contributed by atoms with Crippen LogP contribution in [0.25, 0.3) is 11.0 Å². The van der Waals surface area contributed by atoms with Crippen LogP contribution in [0.15, 0.2) is 18.2 Å². The van der Waals surface area contributed by atoms with Crippen molar-refractivity contribution in [3.63, 3.8) is 0 Å². The average Bonchev–Trinajstić information content (AvgIpc) is 2.65. The minimum absolute atomic E-state index is 0.0569. The van der Waals surface area contributed by atoms with Crippen LogP contribution in [0.2, 0.25) is 0 Å². The minimum atomic E-state index is 0.0569. The molecule has 0 aliphatic heterocycles. The molecule has 0 radical (unpaired) electrons. The van der Waals surface area contributed by atoms with E-state index in [2.05, 4.69) is 10.3 Å². The zero-order valence-electron chi connectivity index (χ0n) is 10.6. The zero-order chi connectivity index (χ0) is 13.1. The first kappa shape index (κ1) is 12.8. The molecule has 96 valence electrons. The Morgan fingerprint density at radius 3 is 3.00 bits per heavy atom. The normalized spacial score (nSPS) is 10.8. The van der Waals surface area contributed by atoms with Gasteiger partial charge in [0.05, 0.1) is 11.0 Å². The minimum Gasteiger partial charge on any atom is -0.356 e. The first-order chi connectivity index (χ1) is 8.63. The van der Waals surface area contributed by atoms with Gasteiger partial charge in [0.2, 0.25) is 5.91 Å². The average molecular weight is 263 g/mol. The molecule has 0 atom stereocenters. The summed E-state index contributed by atoms with van der Waals surface area (Å²) in [5.74, 6) is 0.0569. The molecule has 1 aromatic heterocycles. The van der Waals surface area contributed by atoms with Gasteiger partial charge < -0.3 is 14.9 Å². The lowest BCUT2D eigenvalue weighted by Gasteiger charge is -2.05. The Kier molecular flexibility index (Phi) is 3.81. The van der Waals surface area contributed by atoms with E-state index in [-0.39, 0.29) is 5.91 Å². The number of H-pyrrole nitrogens is 1. The van der Waals surface area contributed by atoms with E-state index in [9.17, 15) is 4.79 Å². The van der Waals surface area contributed by atoms with Crippen LogP contribution in [0.1, 0.15) is 18.9 Å². The third-order valence-corrected chi connectivity index (χ3v) is 3.28. The second-order valence-electron chi connectivity index (χ2n) is 4.25. The number of aromatic nitrogens is 2. The van der Waals surface area contributed by atoms with Gasteiger partial charge in [0.25, 0.3) is 0 Å². The molecule has 0 aliphatic carbocycles. The Balaban J connectivity index is 2.28. The van der Waals surface area contributed by atoms with Crippen molar-refractivity contribution < 1.29 is 4.79 Å². The van der Waals surface area contributed by atoms with Gasteiger partial charge in [-0.25, -0.2) is 0 Å². The molecular weight excluding hydrogens is 246 g/mol. The van der Waals surface area contributed by atoms with E-state index < -0.39 is 0 Å². The molecule has 5 heteroatoms. The summed E-state index contributed by atoms with van der Waals surface area (Å²) >= 11 is 5.30. The van der Waals surface area contributed by atoms with Crippen molar-refractivity contribution in [1.82, 2.24) is 14.9 Å². The summed E-state index contributed by atoms with van der Waals surface area (Å²) in [5, 5.41) is 2.79. The number of carbonyl (C=O) groups is 1. The second-order valence-corrected chi connectivity index (χ2v) is 4.64. The summed E-state index contributed by atoms with van der Waals surface area (Å²) in [7, 11) is 0. The lowest BCUT2D eigenvalue weighted by molar-refractivity contribution is -0.121. The van der Waals surface area contributed by atoms with Crippen molar-refractivity contribution in [2.75, 3.05) is 6.54 Å². The molecule has 0 unspecified atom stereocenters. The Morgan fingerprint density at radius 1 is 1.50 bits per heavy atom. The summed E-state index contributed by atoms with van der Waals surface area (Å²) < 4.78 is 2.65. The number of aromatic amines is 1. The van der Waals surface area contributed by atoms with E-state index in [1.165, 1.54) is 0 Å². The Morgan fingerprint density at radius 2 is 2.28 bits per heavy atom. The van der Waals surface area contributed by atoms with E-state index in [1.807, 2.05) is 36.6 Å². The number of para-hydroxylation sites is 1. The quantitative estimate of drug-likeness (QED) is 0.833. The fourth-order valence-corrected chi connectivity index (χ4v) is 2.34. The van der Waals surface area contributed by atoms with E-state index in [0.29, 0.717) is 24.3 Å². The topological polar surface area (TPSA) is 49.8 Å². The summed E-state index contributed by atoms with van der Waals surface area (Å²) in [6.45, 7) is 5.23. The van der Waals surface area contributed by atoms with Gasteiger partial charge in [-0.05, 0) is 37.7 Å². The van der Waals surface area contributed by atoms with Gasteiger partial charge in [-0.3, -0.25) is 4.79 Å². The van der Waals surface area contributed by atoms with Gasteiger partial charge in [-0.15, -0.1) is 0 Å². The lowest BCUT2D eigenvalue weighted by Crippen LogP contribution is -2.23. The van der Waals surface area contributed by atoms with Crippen LogP contribution >= 0.6 is 12.2 Å². The molecule has 2 aromatic rings. The molecule has 1 heterocycles. The van der Waals surface area contributed by atoms with Gasteiger partial charge >= 0.3 is 0 Å². The Hall–Kier alpha value is -1.62. The van der Waals surface area contributed by atoms with Crippen LogP contribution in [0.5, 0.6) is 0 Å². The fourth-order valence-electron chi connectivity index (χ4n) is 2.04. The summed E-state index contributed by atoms with van der Waals surface area (Å²) in [5.41, 5.74) is 3.28. The predicted molar refractivity (Wildman–Crippen MR) is 75.2 cm³/mol. The second kappa shape index (κ2) is 5.35. The molecule has 1 amide bonds. The Labute approximate surface area is 111 Å². The first-order valence-corrected chi connectivity index (χ1v) is 6.49. The van der Waals surface area contributed by atoms with E-state index in [0.717, 1.165) is 16.6 Å². The maximum Gasteiger partial charge on any atom is 0.221 e. The molecule has 1 aromatic carbocycles. The molecule has 2 rings (SSSR count). The maximum atomic E-state index is 11.5. The number of imidazole rings is 1. The van der Waals surface area contributed by atoms with E-state index in [4.69, 9.17) is 12.2 Å². The van der Waals surface area contributed by atoms with Gasteiger partial charge in [-0.1, -0.05) is 12.1 Å². The van der Waals surface area contributed by atoms with Crippen molar-refractivity contribution in [2.24, 2.45) is 0 Å². The Bertz CT molecular complexity index is 627. The van der Waals surface area contributed by atoms with Crippen molar-refractivity contribution in [3.8, 4) is 0 Å².